The molecule has 4 heterocycles. The van der Waals surface area contributed by atoms with E-state index in [1.54, 1.807) is 11.3 Å². The molecule has 0 amide bonds. The van der Waals surface area contributed by atoms with E-state index in [0.29, 0.717) is 5.95 Å². The second-order valence-electron chi connectivity index (χ2n) is 11.0. The van der Waals surface area contributed by atoms with Gasteiger partial charge in [0.15, 0.2) is 0 Å². The van der Waals surface area contributed by atoms with Crippen LogP contribution in [-0.2, 0) is 0 Å². The van der Waals surface area contributed by atoms with Crippen molar-refractivity contribution in [3.63, 3.8) is 0 Å². The van der Waals surface area contributed by atoms with E-state index in [9.17, 15) is 0 Å². The first-order valence-corrected chi connectivity index (χ1v) is 16.0. The molecule has 3 nitrogen and oxygen atoms in total. The average Bonchev–Trinajstić information content (AvgIpc) is 3.73. The normalized spacial score (nSPS) is 12.2. The van der Waals surface area contributed by atoms with Gasteiger partial charge in [-0.3, -0.25) is 4.57 Å². The quantitative estimate of drug-likeness (QED) is 0.203. The summed E-state index contributed by atoms with van der Waals surface area (Å²) >= 11 is 3.64. The SMILES string of the molecule is c1ccc(-c2nc(-n3c4ccccc4c4cc5ccc6c7ccccc7sc6c5cc43)nc3c2sc2ccccc23)cc1. The molecule has 0 saturated heterocycles. The van der Waals surface area contributed by atoms with Gasteiger partial charge >= 0.3 is 0 Å². The Bertz CT molecular complexity index is 2730. The molecule has 0 aliphatic carbocycles. The summed E-state index contributed by atoms with van der Waals surface area (Å²) in [5.74, 6) is 0.698. The van der Waals surface area contributed by atoms with Crippen LogP contribution in [0.4, 0.5) is 0 Å². The highest BCUT2D eigenvalue weighted by Gasteiger charge is 2.20. The summed E-state index contributed by atoms with van der Waals surface area (Å²) in [6.07, 6.45) is 0. The van der Waals surface area contributed by atoms with Crippen molar-refractivity contribution in [3.05, 3.63) is 127 Å². The number of nitrogens with zero attached hydrogens (tertiary/aromatic N) is 3. The zero-order valence-corrected chi connectivity index (χ0v) is 24.4. The van der Waals surface area contributed by atoms with Crippen molar-refractivity contribution < 1.29 is 0 Å². The lowest BCUT2D eigenvalue weighted by Crippen LogP contribution is -2.02. The first-order chi connectivity index (χ1) is 21.3. The van der Waals surface area contributed by atoms with Crippen LogP contribution < -0.4 is 0 Å². The molecule has 0 N–H and O–H groups in total. The predicted molar refractivity (Wildman–Crippen MR) is 185 cm³/mol. The van der Waals surface area contributed by atoms with Crippen LogP contribution in [0.5, 0.6) is 0 Å². The molecule has 0 unspecified atom stereocenters. The highest BCUT2D eigenvalue weighted by Crippen LogP contribution is 2.43. The molecule has 200 valence electrons. The summed E-state index contributed by atoms with van der Waals surface area (Å²) in [5, 5.41) is 8.72. The first kappa shape index (κ1) is 23.5. The van der Waals surface area contributed by atoms with Crippen molar-refractivity contribution in [2.24, 2.45) is 0 Å². The Hall–Kier alpha value is -5.10. The van der Waals surface area contributed by atoms with Crippen molar-refractivity contribution >= 4 is 95.7 Å². The van der Waals surface area contributed by atoms with Crippen LogP contribution in [0.1, 0.15) is 0 Å². The first-order valence-electron chi connectivity index (χ1n) is 14.3. The van der Waals surface area contributed by atoms with E-state index in [1.807, 2.05) is 11.3 Å². The molecule has 4 aromatic heterocycles. The Kier molecular flexibility index (Phi) is 4.75. The van der Waals surface area contributed by atoms with Crippen LogP contribution in [0.3, 0.4) is 0 Å². The van der Waals surface area contributed by atoms with Gasteiger partial charge in [-0.2, -0.15) is 0 Å². The van der Waals surface area contributed by atoms with Gasteiger partial charge in [0.2, 0.25) is 5.95 Å². The zero-order chi connectivity index (χ0) is 28.1. The van der Waals surface area contributed by atoms with Crippen molar-refractivity contribution in [1.82, 2.24) is 14.5 Å². The average molecular weight is 584 g/mol. The molecular weight excluding hydrogens is 563 g/mol. The number of para-hydroxylation sites is 1. The molecule has 43 heavy (non-hydrogen) atoms. The topological polar surface area (TPSA) is 30.7 Å². The lowest BCUT2D eigenvalue weighted by atomic mass is 10.0. The van der Waals surface area contributed by atoms with Gasteiger partial charge in [-0.05, 0) is 35.7 Å². The van der Waals surface area contributed by atoms with Crippen LogP contribution in [0, 0.1) is 0 Å². The third kappa shape index (κ3) is 3.29. The fourth-order valence-corrected chi connectivity index (χ4v) is 9.04. The summed E-state index contributed by atoms with van der Waals surface area (Å²) in [5.41, 5.74) is 5.30. The zero-order valence-electron chi connectivity index (χ0n) is 22.8. The smallest absolute Gasteiger partial charge is 0.235 e. The van der Waals surface area contributed by atoms with E-state index in [4.69, 9.17) is 9.97 Å². The Morgan fingerprint density at radius 1 is 0.465 bits per heavy atom. The lowest BCUT2D eigenvalue weighted by molar-refractivity contribution is 1.02. The molecular formula is C38H21N3S2. The predicted octanol–water partition coefficient (Wildman–Crippen LogP) is 11.1. The van der Waals surface area contributed by atoms with Gasteiger partial charge in [0.05, 0.1) is 26.9 Å². The Morgan fingerprint density at radius 2 is 1.16 bits per heavy atom. The van der Waals surface area contributed by atoms with Crippen LogP contribution in [0.15, 0.2) is 127 Å². The van der Waals surface area contributed by atoms with Gasteiger partial charge in [0.1, 0.15) is 0 Å². The van der Waals surface area contributed by atoms with E-state index in [1.165, 1.54) is 51.8 Å². The summed E-state index contributed by atoms with van der Waals surface area (Å²) in [4.78, 5) is 10.7. The molecule has 0 atom stereocenters. The third-order valence-corrected chi connectivity index (χ3v) is 11.0. The van der Waals surface area contributed by atoms with Gasteiger partial charge < -0.3 is 0 Å². The molecule has 10 aromatic rings. The lowest BCUT2D eigenvalue weighted by Gasteiger charge is -2.10. The largest absolute Gasteiger partial charge is 0.278 e. The standard InChI is InChI=1S/C38H21N3S2/c1-2-10-22(11-3-1)34-37-35(27-14-6-9-17-33(27)43-37)40-38(39-34)41-30-15-7-4-12-24(30)29-20-23-18-19-26-25-13-5-8-16-32(25)42-36(26)28(23)21-31(29)41/h1-21H. The molecule has 0 spiro atoms. The number of fused-ring (bicyclic) bond motifs is 11. The minimum atomic E-state index is 0.698. The summed E-state index contributed by atoms with van der Waals surface area (Å²) in [7, 11) is 0. The van der Waals surface area contributed by atoms with E-state index in [-0.39, 0.29) is 0 Å². The Morgan fingerprint density at radius 3 is 2.02 bits per heavy atom. The maximum Gasteiger partial charge on any atom is 0.235 e. The van der Waals surface area contributed by atoms with Gasteiger partial charge in [-0.1, -0.05) is 97.1 Å². The molecule has 0 radical (unpaired) electrons. The number of rotatable bonds is 2. The minimum Gasteiger partial charge on any atom is -0.278 e. The Labute approximate surface area is 253 Å². The summed E-state index contributed by atoms with van der Waals surface area (Å²) in [6.45, 7) is 0. The summed E-state index contributed by atoms with van der Waals surface area (Å²) < 4.78 is 7.25. The number of hydrogen-bond donors (Lipinski definition) is 0. The highest BCUT2D eigenvalue weighted by molar-refractivity contribution is 7.27. The fraction of sp³-hybridized carbons (Fsp3) is 0. The Balaban J connectivity index is 1.37. The molecule has 0 saturated carbocycles. The van der Waals surface area contributed by atoms with Crippen molar-refractivity contribution in [3.8, 4) is 17.2 Å². The van der Waals surface area contributed by atoms with Crippen LogP contribution in [0.25, 0.3) is 90.3 Å². The van der Waals surface area contributed by atoms with Crippen LogP contribution in [0.2, 0.25) is 0 Å². The van der Waals surface area contributed by atoms with Crippen molar-refractivity contribution in [2.75, 3.05) is 0 Å². The maximum absolute atomic E-state index is 5.35. The monoisotopic (exact) mass is 583 g/mol. The summed E-state index contributed by atoms with van der Waals surface area (Å²) in [6, 6.07) is 45.7. The van der Waals surface area contributed by atoms with Crippen LogP contribution in [-0.4, -0.2) is 14.5 Å². The van der Waals surface area contributed by atoms with Crippen molar-refractivity contribution in [1.29, 1.82) is 0 Å². The minimum absolute atomic E-state index is 0.698. The van der Waals surface area contributed by atoms with Crippen LogP contribution >= 0.6 is 22.7 Å². The second kappa shape index (κ2) is 8.71. The van der Waals surface area contributed by atoms with Crippen molar-refractivity contribution in [2.45, 2.75) is 0 Å². The van der Waals surface area contributed by atoms with Gasteiger partial charge in [-0.15, -0.1) is 22.7 Å². The highest BCUT2D eigenvalue weighted by atomic mass is 32.1. The second-order valence-corrected chi connectivity index (χ2v) is 13.1. The van der Waals surface area contributed by atoms with E-state index in [2.05, 4.69) is 132 Å². The molecule has 0 aliphatic heterocycles. The molecule has 0 fully saturated rings. The maximum atomic E-state index is 5.35. The van der Waals surface area contributed by atoms with Gasteiger partial charge in [0.25, 0.3) is 0 Å². The number of aromatic nitrogens is 3. The molecule has 0 aliphatic rings. The number of benzene rings is 6. The van der Waals surface area contributed by atoms with E-state index < -0.39 is 0 Å². The molecule has 6 aromatic carbocycles. The number of hydrogen-bond acceptors (Lipinski definition) is 4. The van der Waals surface area contributed by atoms with Gasteiger partial charge in [0, 0.05) is 52.0 Å². The fourth-order valence-electron chi connectivity index (χ4n) is 6.66. The van der Waals surface area contributed by atoms with E-state index >= 15 is 0 Å². The molecule has 0 bridgehead atoms. The molecule has 5 heteroatoms. The number of thiophene rings is 2. The third-order valence-electron chi connectivity index (χ3n) is 8.61. The van der Waals surface area contributed by atoms with E-state index in [0.717, 1.165) is 32.5 Å². The van der Waals surface area contributed by atoms with Gasteiger partial charge in [-0.25, -0.2) is 9.97 Å². The molecule has 10 rings (SSSR count).